The number of nitrogens with one attached hydrogen (secondary N) is 1. The van der Waals surface area contributed by atoms with E-state index in [9.17, 15) is 9.59 Å². The van der Waals surface area contributed by atoms with Crippen molar-refractivity contribution in [2.24, 2.45) is 5.73 Å². The molecule has 1 aromatic rings. The first-order valence-electron chi connectivity index (χ1n) is 6.61. The van der Waals surface area contributed by atoms with Crippen LogP contribution in [0, 0.1) is 0 Å². The maximum Gasteiger partial charge on any atom is 0.328 e. The summed E-state index contributed by atoms with van der Waals surface area (Å²) in [6, 6.07) is 7.00. The Morgan fingerprint density at radius 3 is 2.65 bits per heavy atom. The zero-order chi connectivity index (χ0) is 14.6. The van der Waals surface area contributed by atoms with Gasteiger partial charge in [-0.3, -0.25) is 4.79 Å². The molecule has 2 rings (SSSR count). The van der Waals surface area contributed by atoms with Gasteiger partial charge in [-0.2, -0.15) is 0 Å². The fraction of sp³-hybridized carbons (Fsp3) is 0.333. The smallest absolute Gasteiger partial charge is 0.328 e. The van der Waals surface area contributed by atoms with Gasteiger partial charge in [0, 0.05) is 11.8 Å². The number of anilines is 1. The van der Waals surface area contributed by atoms with Crippen LogP contribution >= 0.6 is 0 Å². The molecule has 1 amide bonds. The second-order valence-corrected chi connectivity index (χ2v) is 5.11. The summed E-state index contributed by atoms with van der Waals surface area (Å²) >= 11 is 0. The van der Waals surface area contributed by atoms with E-state index >= 15 is 0 Å². The largest absolute Gasteiger partial charge is 0.478 e. The van der Waals surface area contributed by atoms with Crippen molar-refractivity contribution in [3.63, 3.8) is 0 Å². The van der Waals surface area contributed by atoms with Crippen LogP contribution in [0.4, 0.5) is 5.69 Å². The van der Waals surface area contributed by atoms with Gasteiger partial charge in [0.1, 0.15) is 0 Å². The lowest BCUT2D eigenvalue weighted by Gasteiger charge is -2.22. The summed E-state index contributed by atoms with van der Waals surface area (Å²) in [6.45, 7) is 0. The van der Waals surface area contributed by atoms with E-state index in [0.717, 1.165) is 18.9 Å². The lowest BCUT2D eigenvalue weighted by Crippen LogP contribution is -2.48. The summed E-state index contributed by atoms with van der Waals surface area (Å²) in [5, 5.41) is 11.4. The third-order valence-electron chi connectivity index (χ3n) is 3.51. The fourth-order valence-electron chi connectivity index (χ4n) is 2.38. The minimum absolute atomic E-state index is 0.172. The number of benzene rings is 1. The number of hydrogen-bond donors (Lipinski definition) is 3. The molecule has 0 saturated heterocycles. The lowest BCUT2D eigenvalue weighted by molar-refractivity contribution is -0.131. The highest BCUT2D eigenvalue weighted by Gasteiger charge is 2.36. The maximum absolute atomic E-state index is 12.2. The van der Waals surface area contributed by atoms with Crippen LogP contribution in [0.15, 0.2) is 30.3 Å². The van der Waals surface area contributed by atoms with E-state index in [-0.39, 0.29) is 5.91 Å². The molecule has 0 heterocycles. The van der Waals surface area contributed by atoms with E-state index in [0.29, 0.717) is 24.1 Å². The molecule has 0 atom stereocenters. The fourth-order valence-corrected chi connectivity index (χ4v) is 2.38. The SMILES string of the molecule is NC1(C(=O)Nc2cccc(/C=C/C(=O)O)c2)CCCC1. The Bertz CT molecular complexity index is 546. The first-order chi connectivity index (χ1) is 9.49. The van der Waals surface area contributed by atoms with E-state index in [1.165, 1.54) is 6.08 Å². The molecule has 0 spiro atoms. The first-order valence-corrected chi connectivity index (χ1v) is 6.61. The standard InChI is InChI=1S/C15H18N2O3/c16-15(8-1-2-9-15)14(20)17-12-5-3-4-11(10-12)6-7-13(18)19/h3-7,10H,1-2,8-9,16H2,(H,17,20)(H,18,19)/b7-6+. The molecule has 0 aromatic heterocycles. The summed E-state index contributed by atoms with van der Waals surface area (Å²) in [4.78, 5) is 22.6. The van der Waals surface area contributed by atoms with Crippen LogP contribution in [-0.4, -0.2) is 22.5 Å². The minimum Gasteiger partial charge on any atom is -0.478 e. The molecule has 5 nitrogen and oxygen atoms in total. The zero-order valence-electron chi connectivity index (χ0n) is 11.1. The summed E-state index contributed by atoms with van der Waals surface area (Å²) in [7, 11) is 0. The normalized spacial score (nSPS) is 17.2. The summed E-state index contributed by atoms with van der Waals surface area (Å²) in [5.74, 6) is -1.18. The Kier molecular flexibility index (Phi) is 4.20. The number of rotatable bonds is 4. The number of nitrogens with two attached hydrogens (primary N) is 1. The highest BCUT2D eigenvalue weighted by atomic mass is 16.4. The van der Waals surface area contributed by atoms with Gasteiger partial charge in [0.25, 0.3) is 0 Å². The molecule has 0 aliphatic heterocycles. The van der Waals surface area contributed by atoms with Crippen LogP contribution in [0.1, 0.15) is 31.2 Å². The molecule has 1 aliphatic rings. The van der Waals surface area contributed by atoms with Gasteiger partial charge in [-0.25, -0.2) is 4.79 Å². The molecule has 20 heavy (non-hydrogen) atoms. The van der Waals surface area contributed by atoms with Crippen molar-refractivity contribution in [3.05, 3.63) is 35.9 Å². The van der Waals surface area contributed by atoms with Crippen LogP contribution in [0.25, 0.3) is 6.08 Å². The monoisotopic (exact) mass is 274 g/mol. The summed E-state index contributed by atoms with van der Waals surface area (Å²) < 4.78 is 0. The number of amides is 1. The van der Waals surface area contributed by atoms with Crippen molar-refractivity contribution >= 4 is 23.6 Å². The number of hydrogen-bond acceptors (Lipinski definition) is 3. The van der Waals surface area contributed by atoms with Gasteiger partial charge in [0.2, 0.25) is 5.91 Å². The van der Waals surface area contributed by atoms with Crippen molar-refractivity contribution in [1.29, 1.82) is 0 Å². The van der Waals surface area contributed by atoms with E-state index in [4.69, 9.17) is 10.8 Å². The van der Waals surface area contributed by atoms with Crippen LogP contribution in [0.2, 0.25) is 0 Å². The molecule has 106 valence electrons. The Labute approximate surface area is 117 Å². The predicted molar refractivity (Wildman–Crippen MR) is 77.1 cm³/mol. The molecule has 1 saturated carbocycles. The number of carboxylic acids is 1. The number of carbonyl (C=O) groups is 2. The third-order valence-corrected chi connectivity index (χ3v) is 3.51. The molecule has 0 bridgehead atoms. The summed E-state index contributed by atoms with van der Waals surface area (Å²) in [5.41, 5.74) is 6.65. The van der Waals surface area contributed by atoms with E-state index in [2.05, 4.69) is 5.32 Å². The van der Waals surface area contributed by atoms with Crippen LogP contribution < -0.4 is 11.1 Å². The Morgan fingerprint density at radius 1 is 1.30 bits per heavy atom. The Hall–Kier alpha value is -2.14. The van der Waals surface area contributed by atoms with Crippen LogP contribution in [0.3, 0.4) is 0 Å². The molecule has 1 fully saturated rings. The first kappa shape index (κ1) is 14.3. The van der Waals surface area contributed by atoms with Crippen molar-refractivity contribution in [2.75, 3.05) is 5.32 Å². The van der Waals surface area contributed by atoms with Gasteiger partial charge < -0.3 is 16.2 Å². The summed E-state index contributed by atoms with van der Waals surface area (Å²) in [6.07, 6.45) is 5.90. The highest BCUT2D eigenvalue weighted by molar-refractivity contribution is 5.98. The van der Waals surface area contributed by atoms with Crippen LogP contribution in [-0.2, 0) is 9.59 Å². The molecule has 4 N–H and O–H groups in total. The van der Waals surface area contributed by atoms with Gasteiger partial charge in [0.15, 0.2) is 0 Å². The van der Waals surface area contributed by atoms with E-state index < -0.39 is 11.5 Å². The number of carboxylic acid groups (broad SMARTS) is 1. The quantitative estimate of drug-likeness (QED) is 0.732. The number of aliphatic carboxylic acids is 1. The van der Waals surface area contributed by atoms with Crippen LogP contribution in [0.5, 0.6) is 0 Å². The Balaban J connectivity index is 2.08. The second kappa shape index (κ2) is 5.88. The zero-order valence-corrected chi connectivity index (χ0v) is 11.1. The van der Waals surface area contributed by atoms with Crippen molar-refractivity contribution < 1.29 is 14.7 Å². The maximum atomic E-state index is 12.2. The van der Waals surface area contributed by atoms with Gasteiger partial charge in [-0.1, -0.05) is 25.0 Å². The molecular weight excluding hydrogens is 256 g/mol. The third kappa shape index (κ3) is 3.45. The molecule has 0 unspecified atom stereocenters. The van der Waals surface area contributed by atoms with E-state index in [1.54, 1.807) is 24.3 Å². The van der Waals surface area contributed by atoms with Gasteiger partial charge >= 0.3 is 5.97 Å². The molecule has 5 heteroatoms. The molecule has 1 aromatic carbocycles. The Morgan fingerprint density at radius 2 is 2.00 bits per heavy atom. The topological polar surface area (TPSA) is 92.4 Å². The van der Waals surface area contributed by atoms with E-state index in [1.807, 2.05) is 0 Å². The van der Waals surface area contributed by atoms with Crippen molar-refractivity contribution in [3.8, 4) is 0 Å². The second-order valence-electron chi connectivity index (χ2n) is 5.11. The minimum atomic E-state index is -1.01. The lowest BCUT2D eigenvalue weighted by atomic mass is 9.98. The average Bonchev–Trinajstić information content (AvgIpc) is 2.85. The van der Waals surface area contributed by atoms with Gasteiger partial charge in [0.05, 0.1) is 5.54 Å². The van der Waals surface area contributed by atoms with Gasteiger partial charge in [-0.05, 0) is 36.6 Å². The molecular formula is C15H18N2O3. The molecule has 1 aliphatic carbocycles. The van der Waals surface area contributed by atoms with Gasteiger partial charge in [-0.15, -0.1) is 0 Å². The average molecular weight is 274 g/mol. The molecule has 0 radical (unpaired) electrons. The highest BCUT2D eigenvalue weighted by Crippen LogP contribution is 2.28. The predicted octanol–water partition coefficient (Wildman–Crippen LogP) is 1.99. The number of carbonyl (C=O) groups excluding carboxylic acids is 1. The van der Waals surface area contributed by atoms with Crippen molar-refractivity contribution in [1.82, 2.24) is 0 Å². The van der Waals surface area contributed by atoms with Crippen molar-refractivity contribution in [2.45, 2.75) is 31.2 Å².